The van der Waals surface area contributed by atoms with Gasteiger partial charge in [0, 0.05) is 25.3 Å². The van der Waals surface area contributed by atoms with Crippen LogP contribution < -0.4 is 25.0 Å². The largest absolute Gasteiger partial charge is 0.486 e. The van der Waals surface area contributed by atoms with Crippen molar-refractivity contribution in [3.63, 3.8) is 0 Å². The van der Waals surface area contributed by atoms with Gasteiger partial charge in [-0.2, -0.15) is 0 Å². The summed E-state index contributed by atoms with van der Waals surface area (Å²) in [6, 6.07) is 16.4. The number of fused-ring (bicyclic) bond motifs is 1. The quantitative estimate of drug-likeness (QED) is 0.450. The molecule has 152 valence electrons. The predicted molar refractivity (Wildman–Crippen MR) is 117 cm³/mol. The van der Waals surface area contributed by atoms with Gasteiger partial charge in [0.05, 0.1) is 13.1 Å². The molecule has 0 amide bonds. The zero-order chi connectivity index (χ0) is 19.9. The number of guanidine groups is 1. The lowest BCUT2D eigenvalue weighted by Gasteiger charge is -2.27. The van der Waals surface area contributed by atoms with E-state index in [4.69, 9.17) is 14.5 Å². The van der Waals surface area contributed by atoms with Crippen molar-refractivity contribution >= 4 is 11.6 Å². The zero-order valence-corrected chi connectivity index (χ0v) is 16.8. The van der Waals surface area contributed by atoms with Crippen molar-refractivity contribution in [2.75, 3.05) is 37.7 Å². The summed E-state index contributed by atoms with van der Waals surface area (Å²) in [4.78, 5) is 7.05. The van der Waals surface area contributed by atoms with Crippen LogP contribution in [0.5, 0.6) is 11.5 Å². The smallest absolute Gasteiger partial charge is 0.191 e. The second-order valence-electron chi connectivity index (χ2n) is 7.12. The first-order chi connectivity index (χ1) is 14.3. The van der Waals surface area contributed by atoms with Gasteiger partial charge in [0.25, 0.3) is 0 Å². The monoisotopic (exact) mass is 392 g/mol. The summed E-state index contributed by atoms with van der Waals surface area (Å²) in [5, 5.41) is 6.66. The van der Waals surface area contributed by atoms with Gasteiger partial charge in [0.2, 0.25) is 0 Å². The molecule has 2 aromatic carbocycles. The first-order valence-corrected chi connectivity index (χ1v) is 10.2. The van der Waals surface area contributed by atoms with E-state index >= 15 is 0 Å². The van der Waals surface area contributed by atoms with Gasteiger partial charge in [-0.15, -0.1) is 0 Å². The standard InChI is InChI=1S/C23H28N4O2/c1-2-24-23(26-16-20-17-28-21-7-3-4-8-22(21)29-20)25-15-18-9-11-19(12-10-18)27-13-5-6-14-27/h3-12,20H,2,13-17H2,1H3,(H2,24,25,26). The second kappa shape index (κ2) is 9.37. The van der Waals surface area contributed by atoms with Crippen molar-refractivity contribution in [3.8, 4) is 11.5 Å². The van der Waals surface area contributed by atoms with E-state index < -0.39 is 0 Å². The van der Waals surface area contributed by atoms with Gasteiger partial charge in [-0.25, -0.2) is 4.99 Å². The molecule has 1 atom stereocenters. The number of hydrogen-bond acceptors (Lipinski definition) is 4. The van der Waals surface area contributed by atoms with Crippen molar-refractivity contribution in [2.45, 2.75) is 19.6 Å². The van der Waals surface area contributed by atoms with Crippen molar-refractivity contribution < 1.29 is 9.47 Å². The molecule has 2 N–H and O–H groups in total. The molecular weight excluding hydrogens is 364 g/mol. The summed E-state index contributed by atoms with van der Waals surface area (Å²) < 4.78 is 11.8. The number of anilines is 1. The molecule has 0 spiro atoms. The van der Waals surface area contributed by atoms with E-state index in [-0.39, 0.29) is 6.10 Å². The van der Waals surface area contributed by atoms with Crippen LogP contribution >= 0.6 is 0 Å². The SMILES string of the molecule is CCNC(=NCc1ccc(N2CC=CC2)cc1)NCC1COc2ccccc2O1. The molecule has 0 radical (unpaired) electrons. The average molecular weight is 393 g/mol. The third-order valence-corrected chi connectivity index (χ3v) is 4.95. The third-order valence-electron chi connectivity index (χ3n) is 4.95. The van der Waals surface area contributed by atoms with Gasteiger partial charge in [-0.1, -0.05) is 36.4 Å². The second-order valence-corrected chi connectivity index (χ2v) is 7.12. The van der Waals surface area contributed by atoms with E-state index in [0.29, 0.717) is 19.7 Å². The van der Waals surface area contributed by atoms with E-state index in [0.717, 1.165) is 37.1 Å². The molecule has 0 saturated carbocycles. The minimum atomic E-state index is -0.0536. The highest BCUT2D eigenvalue weighted by atomic mass is 16.6. The van der Waals surface area contributed by atoms with E-state index in [1.54, 1.807) is 0 Å². The van der Waals surface area contributed by atoms with Crippen LogP contribution in [0.25, 0.3) is 0 Å². The number of hydrogen-bond donors (Lipinski definition) is 2. The number of para-hydroxylation sites is 2. The van der Waals surface area contributed by atoms with Gasteiger partial charge in [0.1, 0.15) is 12.7 Å². The maximum atomic E-state index is 6.01. The van der Waals surface area contributed by atoms with E-state index in [1.165, 1.54) is 11.3 Å². The number of nitrogens with zero attached hydrogens (tertiary/aromatic N) is 2. The Bertz CT molecular complexity index is 855. The van der Waals surface area contributed by atoms with Gasteiger partial charge in [0.15, 0.2) is 17.5 Å². The zero-order valence-electron chi connectivity index (χ0n) is 16.8. The molecule has 2 aliphatic rings. The minimum Gasteiger partial charge on any atom is -0.486 e. The topological polar surface area (TPSA) is 58.1 Å². The Morgan fingerprint density at radius 3 is 2.55 bits per heavy atom. The molecule has 0 bridgehead atoms. The Kier molecular flexibility index (Phi) is 6.19. The molecule has 6 heteroatoms. The molecule has 4 rings (SSSR count). The van der Waals surface area contributed by atoms with E-state index in [9.17, 15) is 0 Å². The first-order valence-electron chi connectivity index (χ1n) is 10.2. The molecule has 2 heterocycles. The summed E-state index contributed by atoms with van der Waals surface area (Å²) in [5.41, 5.74) is 2.44. The molecule has 6 nitrogen and oxygen atoms in total. The molecule has 0 fully saturated rings. The minimum absolute atomic E-state index is 0.0536. The lowest BCUT2D eigenvalue weighted by atomic mass is 10.2. The van der Waals surface area contributed by atoms with Crippen LogP contribution in [0, 0.1) is 0 Å². The van der Waals surface area contributed by atoms with E-state index in [2.05, 4.69) is 58.9 Å². The van der Waals surface area contributed by atoms with Crippen molar-refractivity contribution in [2.24, 2.45) is 4.99 Å². The lowest BCUT2D eigenvalue weighted by Crippen LogP contribution is -2.45. The summed E-state index contributed by atoms with van der Waals surface area (Å²) in [5.74, 6) is 2.38. The van der Waals surface area contributed by atoms with Crippen LogP contribution in [0.4, 0.5) is 5.69 Å². The molecule has 2 aliphatic heterocycles. The van der Waals surface area contributed by atoms with Crippen LogP contribution in [0.2, 0.25) is 0 Å². The third kappa shape index (κ3) is 5.02. The van der Waals surface area contributed by atoms with Gasteiger partial charge < -0.3 is 25.0 Å². The fourth-order valence-electron chi connectivity index (χ4n) is 3.39. The number of aliphatic imine (C=N–C) groups is 1. The Labute approximate surface area is 172 Å². The Balaban J connectivity index is 1.31. The Morgan fingerprint density at radius 2 is 1.79 bits per heavy atom. The van der Waals surface area contributed by atoms with Crippen LogP contribution in [0.3, 0.4) is 0 Å². The molecular formula is C23H28N4O2. The molecule has 0 aromatic heterocycles. The highest BCUT2D eigenvalue weighted by Gasteiger charge is 2.20. The average Bonchev–Trinajstić information content (AvgIpc) is 3.31. The van der Waals surface area contributed by atoms with Gasteiger partial charge in [-0.3, -0.25) is 0 Å². The summed E-state index contributed by atoms with van der Waals surface area (Å²) in [6.45, 7) is 6.62. The number of rotatable bonds is 6. The maximum absolute atomic E-state index is 6.01. The van der Waals surface area contributed by atoms with Crippen molar-refractivity contribution in [1.29, 1.82) is 0 Å². The molecule has 2 aromatic rings. The van der Waals surface area contributed by atoms with Crippen molar-refractivity contribution in [1.82, 2.24) is 10.6 Å². The molecule has 1 unspecified atom stereocenters. The highest BCUT2D eigenvalue weighted by Crippen LogP contribution is 2.30. The van der Waals surface area contributed by atoms with Gasteiger partial charge in [-0.05, 0) is 36.8 Å². The molecule has 0 aliphatic carbocycles. The van der Waals surface area contributed by atoms with Crippen LogP contribution in [0.15, 0.2) is 65.7 Å². The highest BCUT2D eigenvalue weighted by molar-refractivity contribution is 5.79. The lowest BCUT2D eigenvalue weighted by molar-refractivity contribution is 0.0936. The number of ether oxygens (including phenoxy) is 2. The van der Waals surface area contributed by atoms with Crippen molar-refractivity contribution in [3.05, 3.63) is 66.2 Å². The van der Waals surface area contributed by atoms with Crippen LogP contribution in [-0.2, 0) is 6.54 Å². The summed E-state index contributed by atoms with van der Waals surface area (Å²) in [7, 11) is 0. The summed E-state index contributed by atoms with van der Waals surface area (Å²) >= 11 is 0. The fraction of sp³-hybridized carbons (Fsp3) is 0.348. The number of benzene rings is 2. The van der Waals surface area contributed by atoms with E-state index in [1.807, 2.05) is 24.3 Å². The Hall–Kier alpha value is -3.15. The predicted octanol–water partition coefficient (Wildman–Crippen LogP) is 2.96. The first kappa shape index (κ1) is 19.2. The normalized spacial score (nSPS) is 18.0. The van der Waals surface area contributed by atoms with Crippen LogP contribution in [-0.4, -0.2) is 44.8 Å². The molecule has 0 saturated heterocycles. The fourth-order valence-corrected chi connectivity index (χ4v) is 3.39. The maximum Gasteiger partial charge on any atom is 0.191 e. The Morgan fingerprint density at radius 1 is 1.03 bits per heavy atom. The van der Waals surface area contributed by atoms with Gasteiger partial charge >= 0.3 is 0 Å². The molecule has 29 heavy (non-hydrogen) atoms. The van der Waals surface area contributed by atoms with Crippen LogP contribution in [0.1, 0.15) is 12.5 Å². The summed E-state index contributed by atoms with van der Waals surface area (Å²) in [6.07, 6.45) is 4.35. The number of nitrogens with one attached hydrogen (secondary N) is 2.